The number of aromatic nitrogens is 1. The number of hydrogen-bond donors (Lipinski definition) is 2. The number of benzene rings is 1. The average Bonchev–Trinajstić information content (AvgIpc) is 2.35. The van der Waals surface area contributed by atoms with E-state index < -0.39 is 16.1 Å². The summed E-state index contributed by atoms with van der Waals surface area (Å²) in [4.78, 5) is 15.7. The van der Waals surface area contributed by atoms with Crippen molar-refractivity contribution in [3.8, 4) is 0 Å². The maximum atomic E-state index is 12.2. The van der Waals surface area contributed by atoms with Gasteiger partial charge in [0.05, 0.1) is 10.0 Å². The maximum Gasteiger partial charge on any atom is 0.334 e. The number of carbonyl (C=O) groups excluding carboxylic acids is 1. The molecule has 1 aromatic carbocycles. The van der Waals surface area contributed by atoms with Crippen LogP contribution in [0.2, 0.25) is 10.0 Å². The number of urea groups is 1. The fraction of sp³-hybridized carbons (Fsp3) is 0.143. The Morgan fingerprint density at radius 1 is 1.13 bits per heavy atom. The predicted molar refractivity (Wildman–Crippen MR) is 89.5 cm³/mol. The minimum absolute atomic E-state index is 0.0812. The first-order valence-electron chi connectivity index (χ1n) is 6.42. The Bertz CT molecular complexity index is 829. The number of sulfonamides is 1. The highest BCUT2D eigenvalue weighted by atomic mass is 35.5. The lowest BCUT2D eigenvalue weighted by Gasteiger charge is -2.11. The van der Waals surface area contributed by atoms with Gasteiger partial charge in [-0.25, -0.2) is 22.9 Å². The first-order valence-corrected chi connectivity index (χ1v) is 8.66. The molecule has 9 heteroatoms. The summed E-state index contributed by atoms with van der Waals surface area (Å²) < 4.78 is 26.3. The van der Waals surface area contributed by atoms with Crippen LogP contribution in [0.25, 0.3) is 0 Å². The lowest BCUT2D eigenvalue weighted by molar-refractivity contribution is 0.256. The van der Waals surface area contributed by atoms with Crippen molar-refractivity contribution in [1.82, 2.24) is 9.71 Å². The van der Waals surface area contributed by atoms with Crippen LogP contribution in [0, 0.1) is 13.8 Å². The number of halogens is 2. The summed E-state index contributed by atoms with van der Waals surface area (Å²) in [5.41, 5.74) is 1.57. The van der Waals surface area contributed by atoms with Crippen LogP contribution in [0.1, 0.15) is 11.3 Å². The highest BCUT2D eigenvalue weighted by molar-refractivity contribution is 7.90. The van der Waals surface area contributed by atoms with Crippen LogP contribution in [0.15, 0.2) is 35.2 Å². The van der Waals surface area contributed by atoms with E-state index in [1.807, 2.05) is 17.7 Å². The molecule has 0 unspecified atom stereocenters. The van der Waals surface area contributed by atoms with E-state index in [4.69, 9.17) is 23.2 Å². The van der Waals surface area contributed by atoms with Gasteiger partial charge in [-0.2, -0.15) is 0 Å². The third-order valence-corrected chi connectivity index (χ3v) is 5.04. The molecule has 2 N–H and O–H groups in total. The number of nitrogens with zero attached hydrogens (tertiary/aromatic N) is 1. The number of anilines is 1. The van der Waals surface area contributed by atoms with Crippen molar-refractivity contribution in [2.24, 2.45) is 0 Å². The maximum absolute atomic E-state index is 12.2. The number of pyridine rings is 1. The molecule has 0 aliphatic carbocycles. The molecule has 2 amide bonds. The summed E-state index contributed by atoms with van der Waals surface area (Å²) in [6.45, 7) is 3.59. The number of hydrogen-bond acceptors (Lipinski definition) is 4. The van der Waals surface area contributed by atoms with Gasteiger partial charge in [-0.3, -0.25) is 5.32 Å². The highest BCUT2D eigenvalue weighted by Gasteiger charge is 2.24. The molecule has 0 bridgehead atoms. The molecule has 0 aliphatic rings. The Kier molecular flexibility index (Phi) is 5.13. The van der Waals surface area contributed by atoms with Crippen molar-refractivity contribution in [3.05, 3.63) is 51.6 Å². The Labute approximate surface area is 143 Å². The molecule has 0 radical (unpaired) electrons. The van der Waals surface area contributed by atoms with Crippen LogP contribution >= 0.6 is 23.2 Å². The van der Waals surface area contributed by atoms with Gasteiger partial charge in [0.15, 0.2) is 0 Å². The number of nitrogens with one attached hydrogen (secondary N) is 2. The molecular weight excluding hydrogens is 361 g/mol. The van der Waals surface area contributed by atoms with Crippen molar-refractivity contribution in [1.29, 1.82) is 0 Å². The molecule has 1 aromatic heterocycles. The summed E-state index contributed by atoms with van der Waals surface area (Å²) in [5, 5.41) is 2.20. The van der Waals surface area contributed by atoms with Crippen molar-refractivity contribution in [2.45, 2.75) is 18.7 Å². The number of aryl methyl sites for hydroxylation is 2. The number of amides is 2. The normalized spacial score (nSPS) is 11.1. The quantitative estimate of drug-likeness (QED) is 0.861. The van der Waals surface area contributed by atoms with Gasteiger partial charge in [0.25, 0.3) is 10.0 Å². The monoisotopic (exact) mass is 373 g/mol. The van der Waals surface area contributed by atoms with Gasteiger partial charge in [-0.05, 0) is 43.7 Å². The largest absolute Gasteiger partial charge is 0.334 e. The van der Waals surface area contributed by atoms with E-state index in [2.05, 4.69) is 10.3 Å². The van der Waals surface area contributed by atoms with E-state index in [-0.39, 0.29) is 20.8 Å². The Morgan fingerprint density at radius 3 is 2.30 bits per heavy atom. The van der Waals surface area contributed by atoms with Gasteiger partial charge in [-0.15, -0.1) is 0 Å². The van der Waals surface area contributed by atoms with Gasteiger partial charge in [0, 0.05) is 5.69 Å². The molecule has 6 nitrogen and oxygen atoms in total. The first-order chi connectivity index (χ1) is 10.7. The lowest BCUT2D eigenvalue weighted by atomic mass is 10.2. The van der Waals surface area contributed by atoms with Crippen molar-refractivity contribution in [3.63, 3.8) is 0 Å². The van der Waals surface area contributed by atoms with Crippen LogP contribution in [0.3, 0.4) is 0 Å². The van der Waals surface area contributed by atoms with E-state index in [1.165, 1.54) is 18.2 Å². The van der Waals surface area contributed by atoms with Crippen LogP contribution in [-0.4, -0.2) is 19.4 Å². The Balaban J connectivity index is 2.22. The van der Waals surface area contributed by atoms with Gasteiger partial charge >= 0.3 is 6.03 Å². The summed E-state index contributed by atoms with van der Waals surface area (Å²) >= 11 is 11.7. The molecule has 23 heavy (non-hydrogen) atoms. The van der Waals surface area contributed by atoms with E-state index in [1.54, 1.807) is 13.0 Å². The fourth-order valence-corrected chi connectivity index (χ4v) is 4.01. The lowest BCUT2D eigenvalue weighted by Crippen LogP contribution is -2.35. The highest BCUT2D eigenvalue weighted by Crippen LogP contribution is 2.28. The molecule has 122 valence electrons. The van der Waals surface area contributed by atoms with Gasteiger partial charge in [-0.1, -0.05) is 29.3 Å². The zero-order chi connectivity index (χ0) is 17.2. The van der Waals surface area contributed by atoms with Crippen molar-refractivity contribution in [2.75, 3.05) is 5.32 Å². The van der Waals surface area contributed by atoms with Crippen molar-refractivity contribution >= 4 is 45.1 Å². The zero-order valence-electron chi connectivity index (χ0n) is 12.2. The molecule has 1 heterocycles. The number of carbonyl (C=O) groups is 1. The van der Waals surface area contributed by atoms with E-state index in [0.29, 0.717) is 5.69 Å². The summed E-state index contributed by atoms with van der Waals surface area (Å²) in [6.07, 6.45) is 0. The number of rotatable bonds is 3. The van der Waals surface area contributed by atoms with Gasteiger partial charge < -0.3 is 0 Å². The van der Waals surface area contributed by atoms with Crippen LogP contribution in [0.5, 0.6) is 0 Å². The predicted octanol–water partition coefficient (Wildman–Crippen LogP) is 3.52. The standard InChI is InChI=1S/C14H13Cl2N3O3S/c1-8-6-9(2)17-12(7-8)18-14(20)19-23(21,22)13-10(15)4-3-5-11(13)16/h3-7H,1-2H3,(H2,17,18,19,20). The Hall–Kier alpha value is -1.83. The molecule has 0 fully saturated rings. The molecule has 0 spiro atoms. The molecule has 0 saturated heterocycles. The van der Waals surface area contributed by atoms with Crippen molar-refractivity contribution < 1.29 is 13.2 Å². The van der Waals surface area contributed by atoms with Gasteiger partial charge in [0.2, 0.25) is 0 Å². The second kappa shape index (κ2) is 6.74. The molecule has 2 rings (SSSR count). The Morgan fingerprint density at radius 2 is 1.74 bits per heavy atom. The van der Waals surface area contributed by atoms with E-state index in [9.17, 15) is 13.2 Å². The molecule has 0 saturated carbocycles. The smallest absolute Gasteiger partial charge is 0.292 e. The second-order valence-corrected chi connectivity index (χ2v) is 7.22. The zero-order valence-corrected chi connectivity index (χ0v) is 14.6. The summed E-state index contributed by atoms with van der Waals surface area (Å²) in [5.74, 6) is 0.237. The van der Waals surface area contributed by atoms with Crippen LogP contribution in [0.4, 0.5) is 10.6 Å². The first kappa shape index (κ1) is 17.5. The third-order valence-electron chi connectivity index (χ3n) is 2.75. The average molecular weight is 374 g/mol. The SMILES string of the molecule is Cc1cc(C)nc(NC(=O)NS(=O)(=O)c2c(Cl)cccc2Cl)c1. The topological polar surface area (TPSA) is 88.2 Å². The molecular formula is C14H13Cl2N3O3S. The summed E-state index contributed by atoms with van der Waals surface area (Å²) in [6, 6.07) is 6.71. The van der Waals surface area contributed by atoms with Crippen LogP contribution < -0.4 is 10.0 Å². The summed E-state index contributed by atoms with van der Waals surface area (Å²) in [7, 11) is -4.21. The minimum Gasteiger partial charge on any atom is -0.292 e. The molecule has 0 atom stereocenters. The molecule has 2 aromatic rings. The fourth-order valence-electron chi connectivity index (χ4n) is 1.96. The molecule has 0 aliphatic heterocycles. The van der Waals surface area contributed by atoms with Gasteiger partial charge in [0.1, 0.15) is 10.7 Å². The third kappa shape index (κ3) is 4.34. The van der Waals surface area contributed by atoms with Crippen LogP contribution in [-0.2, 0) is 10.0 Å². The second-order valence-electron chi connectivity index (χ2n) is 4.78. The van der Waals surface area contributed by atoms with E-state index in [0.717, 1.165) is 5.56 Å². The minimum atomic E-state index is -4.21. The van der Waals surface area contributed by atoms with E-state index >= 15 is 0 Å².